The maximum Gasteiger partial charge on any atom is 0.331 e. The normalized spacial score (nSPS) is 12.1. The smallest absolute Gasteiger partial charge is 0.331 e. The van der Waals surface area contributed by atoms with Crippen LogP contribution >= 0.6 is 11.3 Å². The second kappa shape index (κ2) is 12.0. The van der Waals surface area contributed by atoms with Crippen molar-refractivity contribution in [1.29, 1.82) is 0 Å². The molecule has 3 aromatic rings. The minimum Gasteiger partial charge on any atom is -0.478 e. The molecular weight excluding hydrogens is 440 g/mol. The molecule has 0 bridgehead atoms. The molecule has 0 saturated carbocycles. The number of carboxylic acid groups (broad SMARTS) is 1. The van der Waals surface area contributed by atoms with E-state index in [0.717, 1.165) is 16.7 Å². The van der Waals surface area contributed by atoms with Crippen LogP contribution in [-0.2, 0) is 9.53 Å². The van der Waals surface area contributed by atoms with Crippen molar-refractivity contribution in [1.82, 2.24) is 0 Å². The predicted octanol–water partition coefficient (Wildman–Crippen LogP) is 7.43. The summed E-state index contributed by atoms with van der Waals surface area (Å²) in [7, 11) is 1.61. The van der Waals surface area contributed by atoms with Gasteiger partial charge in [0, 0.05) is 12.7 Å². The summed E-state index contributed by atoms with van der Waals surface area (Å²) < 4.78 is 5.25. The molecule has 4 heteroatoms. The standard InChI is InChI=1S/C30H28O3S/c1-30(2,33-3)17-6-4-5-12-27(29(31)32)21-25-11-7-9-23(19-25)14-15-24-10-8-13-26(20-24)28-16-18-34-22-28/h4-5,7-11,13-16,18-22H,12H2,1-3H3,(H,31,32)/b5-4+,15-14+,27-21+. The molecule has 0 amide bonds. The molecule has 0 aliphatic heterocycles. The van der Waals surface area contributed by atoms with E-state index in [1.165, 1.54) is 11.1 Å². The molecule has 3 rings (SSSR count). The number of hydrogen-bond acceptors (Lipinski definition) is 3. The van der Waals surface area contributed by atoms with Crippen molar-refractivity contribution in [2.75, 3.05) is 7.11 Å². The molecular formula is C30H28O3S. The van der Waals surface area contributed by atoms with Gasteiger partial charge in [-0.25, -0.2) is 4.79 Å². The van der Waals surface area contributed by atoms with Crippen molar-refractivity contribution in [2.45, 2.75) is 25.9 Å². The van der Waals surface area contributed by atoms with Crippen LogP contribution in [0.5, 0.6) is 0 Å². The second-order valence-corrected chi connectivity index (χ2v) is 8.99. The number of carbonyl (C=O) groups is 1. The fourth-order valence-electron chi connectivity index (χ4n) is 3.12. The molecule has 1 aromatic heterocycles. The van der Waals surface area contributed by atoms with Gasteiger partial charge in [0.25, 0.3) is 0 Å². The zero-order valence-electron chi connectivity index (χ0n) is 19.6. The highest BCUT2D eigenvalue weighted by Gasteiger charge is 2.10. The summed E-state index contributed by atoms with van der Waals surface area (Å²) in [6.45, 7) is 3.75. The fraction of sp³-hybridized carbons (Fsp3) is 0.167. The molecule has 0 aliphatic rings. The largest absolute Gasteiger partial charge is 0.478 e. The lowest BCUT2D eigenvalue weighted by molar-refractivity contribution is -0.132. The topological polar surface area (TPSA) is 46.5 Å². The zero-order valence-corrected chi connectivity index (χ0v) is 20.4. The van der Waals surface area contributed by atoms with Crippen LogP contribution < -0.4 is 0 Å². The number of hydrogen-bond donors (Lipinski definition) is 1. The lowest BCUT2D eigenvalue weighted by Crippen LogP contribution is -2.18. The van der Waals surface area contributed by atoms with Gasteiger partial charge >= 0.3 is 5.97 Å². The Morgan fingerprint density at radius 2 is 1.74 bits per heavy atom. The van der Waals surface area contributed by atoms with E-state index < -0.39 is 11.6 Å². The van der Waals surface area contributed by atoms with E-state index in [1.807, 2.05) is 44.2 Å². The first-order chi connectivity index (χ1) is 16.4. The van der Waals surface area contributed by atoms with Gasteiger partial charge < -0.3 is 9.84 Å². The highest BCUT2D eigenvalue weighted by atomic mass is 32.1. The van der Waals surface area contributed by atoms with Crippen LogP contribution in [0.15, 0.2) is 83.1 Å². The van der Waals surface area contributed by atoms with Crippen molar-refractivity contribution < 1.29 is 14.6 Å². The summed E-state index contributed by atoms with van der Waals surface area (Å²) in [4.78, 5) is 11.7. The molecule has 0 radical (unpaired) electrons. The molecule has 1 N–H and O–H groups in total. The Balaban J connectivity index is 1.73. The van der Waals surface area contributed by atoms with E-state index in [9.17, 15) is 9.90 Å². The Bertz CT molecular complexity index is 1270. The van der Waals surface area contributed by atoms with Gasteiger partial charge in [0.05, 0.1) is 0 Å². The molecule has 0 unspecified atom stereocenters. The SMILES string of the molecule is COC(C)(C)C#C/C=C/C/C(=C\c1cccc(/C=C/c2cccc(-c3ccsc3)c2)c1)C(=O)O. The highest BCUT2D eigenvalue weighted by Crippen LogP contribution is 2.24. The Morgan fingerprint density at radius 3 is 2.41 bits per heavy atom. The summed E-state index contributed by atoms with van der Waals surface area (Å²) in [5, 5.41) is 13.8. The summed E-state index contributed by atoms with van der Waals surface area (Å²) in [6, 6.07) is 18.3. The third-order valence-corrected chi connectivity index (χ3v) is 5.84. The van der Waals surface area contributed by atoms with Crippen molar-refractivity contribution in [3.8, 4) is 23.0 Å². The van der Waals surface area contributed by atoms with E-state index in [-0.39, 0.29) is 6.42 Å². The van der Waals surface area contributed by atoms with Gasteiger partial charge in [-0.05, 0) is 89.2 Å². The predicted molar refractivity (Wildman–Crippen MR) is 143 cm³/mol. The van der Waals surface area contributed by atoms with Crippen molar-refractivity contribution in [2.24, 2.45) is 0 Å². The van der Waals surface area contributed by atoms with E-state index in [4.69, 9.17) is 4.74 Å². The van der Waals surface area contributed by atoms with Crippen LogP contribution in [0.25, 0.3) is 29.4 Å². The Kier molecular flexibility index (Phi) is 8.81. The Labute approximate surface area is 205 Å². The maximum atomic E-state index is 11.7. The average Bonchev–Trinajstić information content (AvgIpc) is 3.37. The molecule has 2 aromatic carbocycles. The van der Waals surface area contributed by atoms with E-state index in [2.05, 4.69) is 59.0 Å². The van der Waals surface area contributed by atoms with Gasteiger partial charge in [0.2, 0.25) is 0 Å². The number of ether oxygens (including phenoxy) is 1. The van der Waals surface area contributed by atoms with Crippen LogP contribution in [0.2, 0.25) is 0 Å². The molecule has 0 saturated heterocycles. The van der Waals surface area contributed by atoms with Gasteiger partial charge in [-0.15, -0.1) is 0 Å². The monoisotopic (exact) mass is 468 g/mol. The van der Waals surface area contributed by atoms with Gasteiger partial charge in [0.1, 0.15) is 5.60 Å². The molecule has 1 heterocycles. The number of thiophene rings is 1. The van der Waals surface area contributed by atoms with E-state index in [0.29, 0.717) is 5.57 Å². The number of benzene rings is 2. The second-order valence-electron chi connectivity index (χ2n) is 8.21. The lowest BCUT2D eigenvalue weighted by atomic mass is 10.0. The first-order valence-corrected chi connectivity index (χ1v) is 11.9. The van der Waals surface area contributed by atoms with Crippen molar-refractivity contribution in [3.05, 3.63) is 99.8 Å². The van der Waals surface area contributed by atoms with E-state index >= 15 is 0 Å². The third kappa shape index (κ3) is 7.74. The van der Waals surface area contributed by atoms with Crippen LogP contribution in [0.4, 0.5) is 0 Å². The zero-order chi connectivity index (χ0) is 24.4. The summed E-state index contributed by atoms with van der Waals surface area (Å²) >= 11 is 1.69. The molecule has 0 fully saturated rings. The first-order valence-electron chi connectivity index (χ1n) is 10.9. The molecule has 172 valence electrons. The fourth-order valence-corrected chi connectivity index (χ4v) is 3.78. The minimum atomic E-state index is -0.943. The molecule has 0 atom stereocenters. The average molecular weight is 469 g/mol. The van der Waals surface area contributed by atoms with Crippen LogP contribution in [-0.4, -0.2) is 23.8 Å². The number of aliphatic carboxylic acids is 1. The van der Waals surface area contributed by atoms with Gasteiger partial charge in [-0.3, -0.25) is 0 Å². The number of carboxylic acids is 1. The van der Waals surface area contributed by atoms with Gasteiger partial charge in [-0.2, -0.15) is 11.3 Å². The van der Waals surface area contributed by atoms with Crippen molar-refractivity contribution in [3.63, 3.8) is 0 Å². The molecule has 3 nitrogen and oxygen atoms in total. The first kappa shape index (κ1) is 25.0. The van der Waals surface area contributed by atoms with Gasteiger partial charge in [-0.1, -0.05) is 66.5 Å². The number of methoxy groups -OCH3 is 1. The van der Waals surface area contributed by atoms with Crippen LogP contribution in [0.3, 0.4) is 0 Å². The molecule has 0 aliphatic carbocycles. The highest BCUT2D eigenvalue weighted by molar-refractivity contribution is 7.08. The van der Waals surface area contributed by atoms with Crippen LogP contribution in [0.1, 0.15) is 37.0 Å². The maximum absolute atomic E-state index is 11.7. The quantitative estimate of drug-likeness (QED) is 0.212. The third-order valence-electron chi connectivity index (χ3n) is 5.16. The van der Waals surface area contributed by atoms with Gasteiger partial charge in [0.15, 0.2) is 0 Å². The Morgan fingerprint density at radius 1 is 1.03 bits per heavy atom. The molecule has 0 spiro atoms. The summed E-state index contributed by atoms with van der Waals surface area (Å²) in [5.74, 6) is 4.94. The summed E-state index contributed by atoms with van der Waals surface area (Å²) in [5.41, 5.74) is 5.13. The van der Waals surface area contributed by atoms with Crippen LogP contribution in [0, 0.1) is 11.8 Å². The van der Waals surface area contributed by atoms with Crippen molar-refractivity contribution >= 4 is 35.5 Å². The number of rotatable bonds is 8. The van der Waals surface area contributed by atoms with E-state index in [1.54, 1.807) is 36.7 Å². The molecule has 34 heavy (non-hydrogen) atoms. The number of allylic oxidation sites excluding steroid dienone is 2. The minimum absolute atomic E-state index is 0.285. The Hall–Kier alpha value is -3.65. The summed E-state index contributed by atoms with van der Waals surface area (Å²) in [6.07, 6.45) is 9.52. The lowest BCUT2D eigenvalue weighted by Gasteiger charge is -2.13.